The molecule has 0 fully saturated rings. The van der Waals surface area contributed by atoms with E-state index >= 15 is 0 Å². The van der Waals surface area contributed by atoms with E-state index in [1.165, 1.54) is 12.1 Å². The average Bonchev–Trinajstić information content (AvgIpc) is 3.27. The van der Waals surface area contributed by atoms with Crippen molar-refractivity contribution in [2.45, 2.75) is 6.54 Å². The van der Waals surface area contributed by atoms with E-state index in [-0.39, 0.29) is 22.9 Å². The number of nitrogens with zero attached hydrogens (tertiary/aromatic N) is 1. The monoisotopic (exact) mass is 412 g/mol. The van der Waals surface area contributed by atoms with Crippen molar-refractivity contribution < 1.29 is 23.5 Å². The largest absolute Gasteiger partial charge is 0.456 e. The lowest BCUT2D eigenvalue weighted by Crippen LogP contribution is -2.31. The molecule has 0 spiro atoms. The number of esters is 1. The normalized spacial score (nSPS) is 13.3. The predicted octanol–water partition coefficient (Wildman–Crippen LogP) is 3.22. The van der Waals surface area contributed by atoms with Gasteiger partial charge in [-0.1, -0.05) is 35.9 Å². The smallest absolute Gasteiger partial charge is 0.333 e. The van der Waals surface area contributed by atoms with Gasteiger partial charge < -0.3 is 14.6 Å². The number of Topliss-reactive ketones (excluding diaryl/α,β-unsaturated/α-hetero) is 1. The van der Waals surface area contributed by atoms with Crippen LogP contribution < -0.4 is 5.32 Å². The number of carbonyl (C=O) groups excluding carboxylic acids is 3. The van der Waals surface area contributed by atoms with Crippen molar-refractivity contribution in [2.24, 2.45) is 0 Å². The number of cyclic esters (lactones) is 1. The van der Waals surface area contributed by atoms with E-state index in [1.54, 1.807) is 29.0 Å². The first-order chi connectivity index (χ1) is 13.9. The van der Waals surface area contributed by atoms with Gasteiger partial charge in [0.2, 0.25) is 0 Å². The van der Waals surface area contributed by atoms with E-state index < -0.39 is 23.5 Å². The van der Waals surface area contributed by atoms with Crippen LogP contribution in [0, 0.1) is 5.82 Å². The number of hydrogen-bond donors (Lipinski definition) is 1. The number of ketones is 1. The lowest BCUT2D eigenvalue weighted by atomic mass is 10.1. The second-order valence-electron chi connectivity index (χ2n) is 6.48. The topological polar surface area (TPSA) is 77.4 Å². The Kier molecular flexibility index (Phi) is 4.90. The molecular weight excluding hydrogens is 399 g/mol. The number of carbonyl (C=O) groups is 3. The standard InChI is InChI=1S/C21H14ClFN2O4/c22-17-7-13(23)6-5-12(17)9-25-10-16(15-3-1-2-4-18(15)25)20(27)21(28)24-14-8-19(26)29-11-14/h1-8,10H,9,11H2,(H,24,28). The molecule has 6 nitrogen and oxygen atoms in total. The second kappa shape index (κ2) is 7.52. The molecule has 0 radical (unpaired) electrons. The molecule has 0 unspecified atom stereocenters. The number of amides is 1. The van der Waals surface area contributed by atoms with E-state index in [2.05, 4.69) is 5.32 Å². The Labute approximate surface area is 169 Å². The van der Waals surface area contributed by atoms with Crippen LogP contribution in [0.25, 0.3) is 10.9 Å². The van der Waals surface area contributed by atoms with Gasteiger partial charge in [0.25, 0.3) is 11.7 Å². The number of rotatable bonds is 5. The number of aromatic nitrogens is 1. The van der Waals surface area contributed by atoms with Crippen LogP contribution in [-0.4, -0.2) is 28.8 Å². The minimum Gasteiger partial charge on any atom is -0.456 e. The van der Waals surface area contributed by atoms with Gasteiger partial charge >= 0.3 is 5.97 Å². The van der Waals surface area contributed by atoms with Gasteiger partial charge in [-0.25, -0.2) is 9.18 Å². The summed E-state index contributed by atoms with van der Waals surface area (Å²) in [6, 6.07) is 11.2. The van der Waals surface area contributed by atoms with Crippen LogP contribution >= 0.6 is 11.6 Å². The molecule has 0 aliphatic carbocycles. The van der Waals surface area contributed by atoms with Crippen LogP contribution in [0.4, 0.5) is 4.39 Å². The van der Waals surface area contributed by atoms with E-state index in [0.717, 1.165) is 11.6 Å². The van der Waals surface area contributed by atoms with Crippen molar-refractivity contribution in [3.8, 4) is 0 Å². The van der Waals surface area contributed by atoms with Gasteiger partial charge in [-0.2, -0.15) is 0 Å². The fraction of sp³-hybridized carbons (Fsp3) is 0.0952. The molecule has 29 heavy (non-hydrogen) atoms. The lowest BCUT2D eigenvalue weighted by Gasteiger charge is -2.07. The predicted molar refractivity (Wildman–Crippen MR) is 104 cm³/mol. The number of hydrogen-bond acceptors (Lipinski definition) is 4. The van der Waals surface area contributed by atoms with Gasteiger partial charge in [-0.05, 0) is 23.8 Å². The second-order valence-corrected chi connectivity index (χ2v) is 6.89. The first-order valence-corrected chi connectivity index (χ1v) is 9.05. The molecule has 146 valence electrons. The maximum Gasteiger partial charge on any atom is 0.333 e. The molecular formula is C21H14ClFN2O4. The molecule has 2 aromatic carbocycles. The van der Waals surface area contributed by atoms with Crippen molar-refractivity contribution in [1.82, 2.24) is 9.88 Å². The van der Waals surface area contributed by atoms with Gasteiger partial charge in [0.15, 0.2) is 0 Å². The fourth-order valence-electron chi connectivity index (χ4n) is 3.16. The van der Waals surface area contributed by atoms with Crippen LogP contribution in [0.5, 0.6) is 0 Å². The minimum absolute atomic E-state index is 0.0807. The average molecular weight is 413 g/mol. The summed E-state index contributed by atoms with van der Waals surface area (Å²) in [5.41, 5.74) is 1.84. The molecule has 0 saturated carbocycles. The first-order valence-electron chi connectivity index (χ1n) is 8.67. The fourth-order valence-corrected chi connectivity index (χ4v) is 3.39. The number of ether oxygens (including phenoxy) is 1. The van der Waals surface area contributed by atoms with Crippen LogP contribution in [0.2, 0.25) is 5.02 Å². The molecule has 0 bridgehead atoms. The zero-order valence-electron chi connectivity index (χ0n) is 14.9. The maximum absolute atomic E-state index is 13.3. The van der Waals surface area contributed by atoms with Gasteiger partial charge in [0, 0.05) is 34.7 Å². The van der Waals surface area contributed by atoms with Crippen molar-refractivity contribution >= 4 is 40.2 Å². The third-order valence-electron chi connectivity index (χ3n) is 4.53. The van der Waals surface area contributed by atoms with Crippen molar-refractivity contribution in [3.05, 3.63) is 82.4 Å². The zero-order chi connectivity index (χ0) is 20.5. The van der Waals surface area contributed by atoms with Gasteiger partial charge in [-0.15, -0.1) is 0 Å². The Morgan fingerprint density at radius 3 is 2.72 bits per heavy atom. The molecule has 1 aromatic heterocycles. The SMILES string of the molecule is O=C1C=C(NC(=O)C(=O)c2cn(Cc3ccc(F)cc3Cl)c3ccccc23)CO1. The molecule has 0 saturated heterocycles. The Morgan fingerprint density at radius 1 is 1.21 bits per heavy atom. The molecule has 3 aromatic rings. The summed E-state index contributed by atoms with van der Waals surface area (Å²) in [5, 5.41) is 3.27. The highest BCUT2D eigenvalue weighted by Crippen LogP contribution is 2.25. The lowest BCUT2D eigenvalue weighted by molar-refractivity contribution is -0.135. The van der Waals surface area contributed by atoms with Gasteiger partial charge in [0.1, 0.15) is 12.4 Å². The van der Waals surface area contributed by atoms with Crippen LogP contribution in [-0.2, 0) is 20.9 Å². The molecule has 1 N–H and O–H groups in total. The van der Waals surface area contributed by atoms with E-state index in [4.69, 9.17) is 16.3 Å². The Morgan fingerprint density at radius 2 is 2.00 bits per heavy atom. The van der Waals surface area contributed by atoms with Crippen molar-refractivity contribution in [3.63, 3.8) is 0 Å². The molecule has 4 rings (SSSR count). The van der Waals surface area contributed by atoms with Crippen molar-refractivity contribution in [1.29, 1.82) is 0 Å². The molecule has 1 aliphatic heterocycles. The molecule has 1 aliphatic rings. The third-order valence-corrected chi connectivity index (χ3v) is 4.88. The summed E-state index contributed by atoms with van der Waals surface area (Å²) in [4.78, 5) is 36.2. The van der Waals surface area contributed by atoms with Gasteiger partial charge in [-0.3, -0.25) is 9.59 Å². The number of nitrogens with one attached hydrogen (secondary N) is 1. The Hall–Kier alpha value is -3.45. The number of para-hydroxylation sites is 1. The van der Waals surface area contributed by atoms with Crippen LogP contribution in [0.1, 0.15) is 15.9 Å². The zero-order valence-corrected chi connectivity index (χ0v) is 15.7. The quantitative estimate of drug-likeness (QED) is 0.396. The number of benzene rings is 2. The minimum atomic E-state index is -0.864. The van der Waals surface area contributed by atoms with Crippen LogP contribution in [0.15, 0.2) is 60.4 Å². The summed E-state index contributed by atoms with van der Waals surface area (Å²) in [5.74, 6) is -2.62. The number of fused-ring (bicyclic) bond motifs is 1. The maximum atomic E-state index is 13.3. The molecule has 8 heteroatoms. The molecule has 0 atom stereocenters. The summed E-state index contributed by atoms with van der Waals surface area (Å²) in [6.07, 6.45) is 2.70. The Bertz CT molecular complexity index is 1200. The van der Waals surface area contributed by atoms with E-state index in [1.807, 2.05) is 12.1 Å². The van der Waals surface area contributed by atoms with Crippen LogP contribution in [0.3, 0.4) is 0 Å². The summed E-state index contributed by atoms with van der Waals surface area (Å²) in [7, 11) is 0. The molecule has 1 amide bonds. The summed E-state index contributed by atoms with van der Waals surface area (Å²) >= 11 is 6.13. The summed E-state index contributed by atoms with van der Waals surface area (Å²) in [6.45, 7) is 0.213. The Balaban J connectivity index is 1.66. The molecule has 2 heterocycles. The highest BCUT2D eigenvalue weighted by Gasteiger charge is 2.24. The van der Waals surface area contributed by atoms with Crippen molar-refractivity contribution in [2.75, 3.05) is 6.61 Å². The van der Waals surface area contributed by atoms with Gasteiger partial charge in [0.05, 0.1) is 11.3 Å². The van der Waals surface area contributed by atoms with E-state index in [9.17, 15) is 18.8 Å². The summed E-state index contributed by atoms with van der Waals surface area (Å²) < 4.78 is 19.8. The number of halogens is 2. The highest BCUT2D eigenvalue weighted by atomic mass is 35.5. The van der Waals surface area contributed by atoms with E-state index in [0.29, 0.717) is 17.5 Å². The first kappa shape index (κ1) is 18.9. The highest BCUT2D eigenvalue weighted by molar-refractivity contribution is 6.45. The third kappa shape index (κ3) is 3.77.